The van der Waals surface area contributed by atoms with Crippen LogP contribution >= 0.6 is 0 Å². The van der Waals surface area contributed by atoms with Crippen LogP contribution in [-0.2, 0) is 7.05 Å². The van der Waals surface area contributed by atoms with Crippen LogP contribution in [0.1, 0.15) is 27.7 Å². The molecule has 0 unspecified atom stereocenters. The van der Waals surface area contributed by atoms with Gasteiger partial charge in [-0.05, 0) is 38.1 Å². The van der Waals surface area contributed by atoms with Crippen molar-refractivity contribution in [1.29, 1.82) is 0 Å². The third-order valence-corrected chi connectivity index (χ3v) is 3.15. The molecule has 3 rings (SSSR count). The van der Waals surface area contributed by atoms with Crippen LogP contribution in [0.5, 0.6) is 5.75 Å². The number of nitrogen functional groups attached to an aromatic ring is 1. The molecule has 0 saturated carbocycles. The quantitative estimate of drug-likeness (QED) is 0.801. The van der Waals surface area contributed by atoms with E-state index in [0.717, 1.165) is 28.0 Å². The molecule has 1 aromatic carbocycles. The molecule has 0 fully saturated rings. The van der Waals surface area contributed by atoms with Crippen molar-refractivity contribution in [3.8, 4) is 17.0 Å². The summed E-state index contributed by atoms with van der Waals surface area (Å²) in [5, 5.41) is 5.28. The molecular weight excluding hydrogens is 290 g/mol. The molecule has 0 atom stereocenters. The normalized spacial score (nSPS) is 10.5. The van der Waals surface area contributed by atoms with E-state index in [0.29, 0.717) is 5.82 Å². The van der Waals surface area contributed by atoms with Gasteiger partial charge in [-0.25, -0.2) is 14.6 Å². The fourth-order valence-corrected chi connectivity index (χ4v) is 2.27. The molecule has 6 nitrogen and oxygen atoms in total. The zero-order valence-corrected chi connectivity index (χ0v) is 14.2. The third kappa shape index (κ3) is 3.41. The van der Waals surface area contributed by atoms with Crippen molar-refractivity contribution in [2.75, 3.05) is 5.73 Å². The number of aromatic nitrogens is 4. The molecule has 23 heavy (non-hydrogen) atoms. The summed E-state index contributed by atoms with van der Waals surface area (Å²) in [5.74, 6) is 1.27. The minimum absolute atomic E-state index is 0.149. The number of aryl methyl sites for hydroxylation is 1. The van der Waals surface area contributed by atoms with E-state index in [9.17, 15) is 0 Å². The van der Waals surface area contributed by atoms with Crippen LogP contribution in [-0.4, -0.2) is 25.9 Å². The van der Waals surface area contributed by atoms with Crippen molar-refractivity contribution >= 4 is 16.9 Å². The Morgan fingerprint density at radius 2 is 1.74 bits per heavy atom. The van der Waals surface area contributed by atoms with E-state index in [-0.39, 0.29) is 6.10 Å². The number of ether oxygens (including phenoxy) is 1. The van der Waals surface area contributed by atoms with Gasteiger partial charge in [0.2, 0.25) is 0 Å². The number of fused-ring (bicyclic) bond motifs is 1. The highest BCUT2D eigenvalue weighted by molar-refractivity contribution is 5.98. The highest BCUT2D eigenvalue weighted by Crippen LogP contribution is 2.30. The molecule has 0 bridgehead atoms. The Morgan fingerprint density at radius 3 is 2.35 bits per heavy atom. The van der Waals surface area contributed by atoms with Gasteiger partial charge in [0.15, 0.2) is 5.65 Å². The highest BCUT2D eigenvalue weighted by atomic mass is 16.5. The van der Waals surface area contributed by atoms with Crippen LogP contribution in [0.3, 0.4) is 0 Å². The second-order valence-electron chi connectivity index (χ2n) is 5.12. The van der Waals surface area contributed by atoms with Gasteiger partial charge < -0.3 is 10.5 Å². The van der Waals surface area contributed by atoms with E-state index in [1.165, 1.54) is 6.33 Å². The molecule has 0 spiro atoms. The Bertz CT molecular complexity index is 778. The lowest BCUT2D eigenvalue weighted by Gasteiger charge is -2.09. The number of anilines is 1. The summed E-state index contributed by atoms with van der Waals surface area (Å²) in [7, 11) is 1.84. The van der Waals surface area contributed by atoms with Crippen LogP contribution in [0.2, 0.25) is 0 Å². The van der Waals surface area contributed by atoms with E-state index < -0.39 is 0 Å². The lowest BCUT2D eigenvalue weighted by molar-refractivity contribution is 0.242. The van der Waals surface area contributed by atoms with Crippen LogP contribution in [0, 0.1) is 0 Å². The van der Waals surface area contributed by atoms with Gasteiger partial charge >= 0.3 is 0 Å². The van der Waals surface area contributed by atoms with E-state index in [2.05, 4.69) is 15.1 Å². The Labute approximate surface area is 136 Å². The fraction of sp³-hybridized carbons (Fsp3) is 0.353. The largest absolute Gasteiger partial charge is 0.491 e. The molecule has 0 amide bonds. The molecule has 2 heterocycles. The van der Waals surface area contributed by atoms with Crippen LogP contribution in [0.25, 0.3) is 22.3 Å². The van der Waals surface area contributed by atoms with Gasteiger partial charge in [-0.3, -0.25) is 0 Å². The first-order valence-corrected chi connectivity index (χ1v) is 7.76. The highest BCUT2D eigenvalue weighted by Gasteiger charge is 2.15. The zero-order chi connectivity index (χ0) is 17.0. The number of nitrogens with zero attached hydrogens (tertiary/aromatic N) is 4. The first-order chi connectivity index (χ1) is 11.1. The lowest BCUT2D eigenvalue weighted by atomic mass is 10.1. The van der Waals surface area contributed by atoms with Crippen molar-refractivity contribution < 1.29 is 4.74 Å². The number of nitrogens with two attached hydrogens (primary N) is 1. The van der Waals surface area contributed by atoms with Gasteiger partial charge in [0.1, 0.15) is 23.6 Å². The maximum Gasteiger partial charge on any atom is 0.163 e. The van der Waals surface area contributed by atoms with Crippen LogP contribution in [0.15, 0.2) is 30.6 Å². The molecule has 0 aliphatic rings. The molecule has 2 aromatic heterocycles. The standard InChI is InChI=1S/C15H17N5O.C2H6/c1-9(2)21-11-6-4-10(5-7-11)13-12-14(16)17-8-18-15(12)20(3)19-13;1-2/h4-9H,1-3H3,(H2,16,17,18);1-2H3. The topological polar surface area (TPSA) is 78.8 Å². The van der Waals surface area contributed by atoms with Crippen molar-refractivity contribution in [2.24, 2.45) is 7.05 Å². The van der Waals surface area contributed by atoms with E-state index in [4.69, 9.17) is 10.5 Å². The van der Waals surface area contributed by atoms with Crippen LogP contribution in [0.4, 0.5) is 5.82 Å². The summed E-state index contributed by atoms with van der Waals surface area (Å²) in [5.41, 5.74) is 8.43. The van der Waals surface area contributed by atoms with Crippen LogP contribution < -0.4 is 10.5 Å². The number of hydrogen-bond acceptors (Lipinski definition) is 5. The molecule has 0 saturated heterocycles. The van der Waals surface area contributed by atoms with E-state index >= 15 is 0 Å². The zero-order valence-electron chi connectivity index (χ0n) is 14.2. The first-order valence-electron chi connectivity index (χ1n) is 7.76. The predicted octanol–water partition coefficient (Wildman–Crippen LogP) is 3.43. The van der Waals surface area contributed by atoms with E-state index in [1.807, 2.05) is 59.0 Å². The maximum atomic E-state index is 5.97. The maximum absolute atomic E-state index is 5.97. The fourth-order valence-electron chi connectivity index (χ4n) is 2.27. The Kier molecular flexibility index (Phi) is 5.16. The average molecular weight is 313 g/mol. The predicted molar refractivity (Wildman–Crippen MR) is 93.3 cm³/mol. The molecule has 122 valence electrons. The minimum Gasteiger partial charge on any atom is -0.491 e. The average Bonchev–Trinajstić information content (AvgIpc) is 2.88. The third-order valence-electron chi connectivity index (χ3n) is 3.15. The van der Waals surface area contributed by atoms with Crippen molar-refractivity contribution in [3.63, 3.8) is 0 Å². The second kappa shape index (κ2) is 7.09. The first kappa shape index (κ1) is 16.7. The Balaban J connectivity index is 0.000000924. The molecule has 0 aliphatic carbocycles. The summed E-state index contributed by atoms with van der Waals surface area (Å²) < 4.78 is 7.36. The molecule has 0 aliphatic heterocycles. The molecule has 6 heteroatoms. The summed E-state index contributed by atoms with van der Waals surface area (Å²) in [6, 6.07) is 7.78. The molecule has 0 radical (unpaired) electrons. The number of rotatable bonds is 3. The smallest absolute Gasteiger partial charge is 0.163 e. The lowest BCUT2D eigenvalue weighted by Crippen LogP contribution is -2.05. The van der Waals surface area contributed by atoms with Gasteiger partial charge in [-0.15, -0.1) is 0 Å². The summed E-state index contributed by atoms with van der Waals surface area (Å²) >= 11 is 0. The minimum atomic E-state index is 0.149. The number of benzene rings is 1. The number of hydrogen-bond donors (Lipinski definition) is 1. The van der Waals surface area contributed by atoms with Gasteiger partial charge in [0.05, 0.1) is 11.5 Å². The molecule has 3 aromatic rings. The van der Waals surface area contributed by atoms with Gasteiger partial charge in [0.25, 0.3) is 0 Å². The summed E-state index contributed by atoms with van der Waals surface area (Å²) in [6.07, 6.45) is 1.60. The van der Waals surface area contributed by atoms with Crippen molar-refractivity contribution in [2.45, 2.75) is 33.8 Å². The monoisotopic (exact) mass is 313 g/mol. The second-order valence-corrected chi connectivity index (χ2v) is 5.12. The Morgan fingerprint density at radius 1 is 1.09 bits per heavy atom. The Hall–Kier alpha value is -2.63. The van der Waals surface area contributed by atoms with E-state index in [1.54, 1.807) is 4.68 Å². The summed E-state index contributed by atoms with van der Waals surface area (Å²) in [6.45, 7) is 8.00. The molecular formula is C17H23N5O. The summed E-state index contributed by atoms with van der Waals surface area (Å²) in [4.78, 5) is 8.28. The SMILES string of the molecule is CC.CC(C)Oc1ccc(-c2nn(C)c3ncnc(N)c23)cc1. The van der Waals surface area contributed by atoms with Crippen molar-refractivity contribution in [3.05, 3.63) is 30.6 Å². The van der Waals surface area contributed by atoms with Crippen molar-refractivity contribution in [1.82, 2.24) is 19.7 Å². The van der Waals surface area contributed by atoms with Gasteiger partial charge in [-0.1, -0.05) is 13.8 Å². The molecule has 2 N–H and O–H groups in total. The van der Waals surface area contributed by atoms with Gasteiger partial charge in [0, 0.05) is 12.6 Å². The van der Waals surface area contributed by atoms with Gasteiger partial charge in [-0.2, -0.15) is 5.10 Å².